The lowest BCUT2D eigenvalue weighted by atomic mass is 10.1. The molecule has 2 saturated heterocycles. The highest BCUT2D eigenvalue weighted by Gasteiger charge is 2.37. The maximum Gasteiger partial charge on any atom is 0.345 e. The number of nitrogens with zero attached hydrogens (tertiary/aromatic N) is 2. The Morgan fingerprint density at radius 2 is 1.89 bits per heavy atom. The second-order valence-electron chi connectivity index (χ2n) is 7.99. The van der Waals surface area contributed by atoms with Gasteiger partial charge < -0.3 is 14.4 Å². The zero-order valence-electron chi connectivity index (χ0n) is 19.3. The van der Waals surface area contributed by atoms with Crippen LogP contribution in [0.1, 0.15) is 35.7 Å². The summed E-state index contributed by atoms with van der Waals surface area (Å²) in [6.45, 7) is 3.09. The van der Waals surface area contributed by atoms with Crippen molar-refractivity contribution >= 4 is 68.4 Å². The summed E-state index contributed by atoms with van der Waals surface area (Å²) in [5.41, 5.74) is 0.744. The van der Waals surface area contributed by atoms with E-state index in [-0.39, 0.29) is 39.4 Å². The van der Waals surface area contributed by atoms with Gasteiger partial charge in [0.15, 0.2) is 11.5 Å². The molecule has 4 rings (SSSR count). The van der Waals surface area contributed by atoms with E-state index in [0.717, 1.165) is 29.5 Å². The normalized spacial score (nSPS) is 16.7. The summed E-state index contributed by atoms with van der Waals surface area (Å²) in [6.07, 6.45) is 3.39. The van der Waals surface area contributed by atoms with Crippen LogP contribution >= 0.6 is 39.3 Å². The van der Waals surface area contributed by atoms with Gasteiger partial charge in [-0.15, -0.1) is 0 Å². The van der Waals surface area contributed by atoms with Crippen molar-refractivity contribution in [3.63, 3.8) is 0 Å². The van der Waals surface area contributed by atoms with Crippen molar-refractivity contribution in [1.82, 2.24) is 9.80 Å². The number of hydrogen-bond donors (Lipinski definition) is 0. The largest absolute Gasteiger partial charge is 0.490 e. The van der Waals surface area contributed by atoms with E-state index in [2.05, 4.69) is 15.9 Å². The standard InChI is InChI=1S/C25H22BrClN2O6S/c1-2-34-19-12-15(11-17(26)22(19)35-24(32)16-7-3-4-8-18(16)27)13-20-23(31)29(25(33)36-20)14-21(30)28-9-5-6-10-28/h3-4,7-8,11-13H,2,5-6,9-10,14H2,1H3/b20-13-. The summed E-state index contributed by atoms with van der Waals surface area (Å²) >= 11 is 10.3. The summed E-state index contributed by atoms with van der Waals surface area (Å²) in [4.78, 5) is 53.3. The number of carbonyl (C=O) groups is 4. The predicted molar refractivity (Wildman–Crippen MR) is 140 cm³/mol. The van der Waals surface area contributed by atoms with Gasteiger partial charge in [0.1, 0.15) is 6.54 Å². The van der Waals surface area contributed by atoms with Crippen LogP contribution in [0, 0.1) is 0 Å². The molecule has 0 saturated carbocycles. The van der Waals surface area contributed by atoms with Crippen LogP contribution in [0.4, 0.5) is 4.79 Å². The highest BCUT2D eigenvalue weighted by Crippen LogP contribution is 2.40. The molecule has 11 heteroatoms. The second kappa shape index (κ2) is 11.5. The molecule has 0 N–H and O–H groups in total. The quantitative estimate of drug-likeness (QED) is 0.242. The molecule has 2 aromatic carbocycles. The molecule has 36 heavy (non-hydrogen) atoms. The number of thioether (sulfide) groups is 1. The number of rotatable bonds is 7. The summed E-state index contributed by atoms with van der Waals surface area (Å²) < 4.78 is 11.7. The van der Waals surface area contributed by atoms with Crippen LogP contribution in [0.25, 0.3) is 6.08 Å². The molecule has 2 aromatic rings. The molecule has 2 aliphatic rings. The lowest BCUT2D eigenvalue weighted by molar-refractivity contribution is -0.135. The van der Waals surface area contributed by atoms with Crippen molar-refractivity contribution in [2.75, 3.05) is 26.2 Å². The van der Waals surface area contributed by atoms with Crippen molar-refractivity contribution in [3.05, 3.63) is 61.9 Å². The first kappa shape index (κ1) is 26.2. The molecule has 188 valence electrons. The minimum absolute atomic E-state index is 0.156. The molecule has 8 nitrogen and oxygen atoms in total. The zero-order valence-corrected chi connectivity index (χ0v) is 22.5. The summed E-state index contributed by atoms with van der Waals surface area (Å²) in [5, 5.41) is -0.236. The lowest BCUT2D eigenvalue weighted by Gasteiger charge is -2.18. The number of carbonyl (C=O) groups excluding carboxylic acids is 4. The molecule has 3 amide bonds. The van der Waals surface area contributed by atoms with Gasteiger partial charge in [-0.1, -0.05) is 23.7 Å². The smallest absolute Gasteiger partial charge is 0.345 e. The van der Waals surface area contributed by atoms with Crippen molar-refractivity contribution in [1.29, 1.82) is 0 Å². The number of hydrogen-bond acceptors (Lipinski definition) is 7. The number of ether oxygens (including phenoxy) is 2. The van der Waals surface area contributed by atoms with Gasteiger partial charge in [0.05, 0.1) is 26.6 Å². The van der Waals surface area contributed by atoms with Crippen LogP contribution in [0.2, 0.25) is 5.02 Å². The Morgan fingerprint density at radius 3 is 2.58 bits per heavy atom. The minimum Gasteiger partial charge on any atom is -0.490 e. The average Bonchev–Trinajstić information content (AvgIpc) is 3.47. The molecular formula is C25H22BrClN2O6S. The van der Waals surface area contributed by atoms with Crippen LogP contribution in [0.3, 0.4) is 0 Å². The van der Waals surface area contributed by atoms with Crippen molar-refractivity contribution in [2.45, 2.75) is 19.8 Å². The third-order valence-corrected chi connectivity index (χ3v) is 7.37. The first-order chi connectivity index (χ1) is 17.3. The van der Waals surface area contributed by atoms with Crippen LogP contribution in [0.15, 0.2) is 45.8 Å². The zero-order chi connectivity index (χ0) is 25.8. The SMILES string of the molecule is CCOc1cc(/C=C2\SC(=O)N(CC(=O)N3CCCC3)C2=O)cc(Br)c1OC(=O)c1ccccc1Cl. The van der Waals surface area contributed by atoms with E-state index in [1.807, 2.05) is 0 Å². The Kier molecular flexibility index (Phi) is 8.38. The third kappa shape index (κ3) is 5.77. The summed E-state index contributed by atoms with van der Waals surface area (Å²) in [7, 11) is 0. The fourth-order valence-corrected chi connectivity index (χ4v) is 5.39. The monoisotopic (exact) mass is 592 g/mol. The van der Waals surface area contributed by atoms with Crippen LogP contribution in [-0.2, 0) is 9.59 Å². The highest BCUT2D eigenvalue weighted by molar-refractivity contribution is 9.10. The minimum atomic E-state index is -0.654. The maximum absolute atomic E-state index is 12.9. The third-order valence-electron chi connectivity index (χ3n) is 5.54. The molecule has 0 spiro atoms. The lowest BCUT2D eigenvalue weighted by Crippen LogP contribution is -2.40. The van der Waals surface area contributed by atoms with E-state index < -0.39 is 17.1 Å². The molecule has 0 aromatic heterocycles. The fraction of sp³-hybridized carbons (Fsp3) is 0.280. The highest BCUT2D eigenvalue weighted by atomic mass is 79.9. The number of likely N-dealkylation sites (tertiary alicyclic amines) is 1. The number of imide groups is 1. The molecule has 0 atom stereocenters. The topological polar surface area (TPSA) is 93.2 Å². The maximum atomic E-state index is 12.9. The van der Waals surface area contributed by atoms with Crippen LogP contribution < -0.4 is 9.47 Å². The van der Waals surface area contributed by atoms with Crippen LogP contribution in [-0.4, -0.2) is 59.1 Å². The van der Waals surface area contributed by atoms with Crippen molar-refractivity contribution < 1.29 is 28.7 Å². The van der Waals surface area contributed by atoms with E-state index in [4.69, 9.17) is 21.1 Å². The summed E-state index contributed by atoms with van der Waals surface area (Å²) in [5.74, 6) is -0.994. The number of esters is 1. The van der Waals surface area contributed by atoms with Gasteiger partial charge in [-0.2, -0.15) is 0 Å². The Labute approximate surface area is 225 Å². The Morgan fingerprint density at radius 1 is 1.17 bits per heavy atom. The van der Waals surface area contributed by atoms with E-state index in [0.29, 0.717) is 29.7 Å². The number of amides is 3. The van der Waals surface area contributed by atoms with Gasteiger partial charge in [0, 0.05) is 13.1 Å². The Bertz CT molecular complexity index is 1260. The molecular weight excluding hydrogens is 572 g/mol. The van der Waals surface area contributed by atoms with Crippen molar-refractivity contribution in [2.24, 2.45) is 0 Å². The van der Waals surface area contributed by atoms with Gasteiger partial charge in [0.25, 0.3) is 11.1 Å². The molecule has 0 aliphatic carbocycles. The van der Waals surface area contributed by atoms with E-state index in [1.54, 1.807) is 48.2 Å². The van der Waals surface area contributed by atoms with Gasteiger partial charge in [-0.25, -0.2) is 4.79 Å². The first-order valence-electron chi connectivity index (χ1n) is 11.2. The molecule has 2 heterocycles. The van der Waals surface area contributed by atoms with E-state index in [9.17, 15) is 19.2 Å². The second-order valence-corrected chi connectivity index (χ2v) is 10.2. The Balaban J connectivity index is 1.56. The van der Waals surface area contributed by atoms with Crippen LogP contribution in [0.5, 0.6) is 11.5 Å². The van der Waals surface area contributed by atoms with Gasteiger partial charge in [-0.05, 0) is 83.4 Å². The number of halogens is 2. The van der Waals surface area contributed by atoms with Gasteiger partial charge in [-0.3, -0.25) is 19.3 Å². The number of benzene rings is 2. The molecule has 0 unspecified atom stereocenters. The summed E-state index contributed by atoms with van der Waals surface area (Å²) in [6, 6.07) is 9.77. The first-order valence-corrected chi connectivity index (χ1v) is 13.2. The molecule has 2 fully saturated rings. The average molecular weight is 594 g/mol. The fourth-order valence-electron chi connectivity index (χ4n) is 3.80. The Hall–Kier alpha value is -2.82. The van der Waals surface area contributed by atoms with E-state index in [1.165, 1.54) is 6.08 Å². The predicted octanol–water partition coefficient (Wildman–Crippen LogP) is 5.38. The molecule has 2 aliphatic heterocycles. The molecule has 0 bridgehead atoms. The van der Waals surface area contributed by atoms with Gasteiger partial charge >= 0.3 is 5.97 Å². The van der Waals surface area contributed by atoms with E-state index >= 15 is 0 Å². The van der Waals surface area contributed by atoms with Crippen molar-refractivity contribution in [3.8, 4) is 11.5 Å². The van der Waals surface area contributed by atoms with Gasteiger partial charge in [0.2, 0.25) is 5.91 Å². The molecule has 0 radical (unpaired) electrons.